The predicted octanol–water partition coefficient (Wildman–Crippen LogP) is 5.73. The summed E-state index contributed by atoms with van der Waals surface area (Å²) >= 11 is 5.94. The minimum atomic E-state index is -4.13. The van der Waals surface area contributed by atoms with Crippen LogP contribution in [0.5, 0.6) is 0 Å². The lowest BCUT2D eigenvalue weighted by atomic mass is 9.96. The molecular formula is C23H20ClF2N3O3S. The molecule has 1 aliphatic carbocycles. The van der Waals surface area contributed by atoms with Gasteiger partial charge in [-0.1, -0.05) is 37.1 Å². The number of benzene rings is 1. The molecule has 0 radical (unpaired) electrons. The number of H-pyrrole nitrogens is 1. The molecule has 0 saturated heterocycles. The molecule has 172 valence electrons. The second-order valence-corrected chi connectivity index (χ2v) is 9.84. The number of carbonyl (C=O) groups is 1. The highest BCUT2D eigenvalue weighted by Crippen LogP contribution is 2.30. The molecule has 6 nitrogen and oxygen atoms in total. The van der Waals surface area contributed by atoms with Gasteiger partial charge in [0.1, 0.15) is 11.5 Å². The number of hydrogen-bond donors (Lipinski definition) is 2. The molecule has 0 spiro atoms. The van der Waals surface area contributed by atoms with Crippen LogP contribution in [0.3, 0.4) is 0 Å². The minimum absolute atomic E-state index is 0.0104. The van der Waals surface area contributed by atoms with Crippen LogP contribution in [-0.2, 0) is 10.0 Å². The maximum absolute atomic E-state index is 15.2. The van der Waals surface area contributed by atoms with Crippen molar-refractivity contribution in [3.05, 3.63) is 81.5 Å². The van der Waals surface area contributed by atoms with E-state index in [-0.39, 0.29) is 26.8 Å². The number of halogens is 3. The van der Waals surface area contributed by atoms with Gasteiger partial charge in [0.15, 0.2) is 5.82 Å². The fraction of sp³-hybridized carbons (Fsp3) is 0.217. The second-order valence-electron chi connectivity index (χ2n) is 7.72. The molecule has 2 heterocycles. The van der Waals surface area contributed by atoms with E-state index in [1.54, 1.807) is 6.08 Å². The van der Waals surface area contributed by atoms with E-state index < -0.39 is 38.7 Å². The third kappa shape index (κ3) is 4.56. The Labute approximate surface area is 194 Å². The van der Waals surface area contributed by atoms with Gasteiger partial charge in [-0.25, -0.2) is 22.2 Å². The van der Waals surface area contributed by atoms with E-state index in [2.05, 4.69) is 14.7 Å². The van der Waals surface area contributed by atoms with Crippen LogP contribution in [0.15, 0.2) is 53.7 Å². The van der Waals surface area contributed by atoms with Gasteiger partial charge >= 0.3 is 0 Å². The average molecular weight is 492 g/mol. The van der Waals surface area contributed by atoms with Crippen molar-refractivity contribution < 1.29 is 22.0 Å². The van der Waals surface area contributed by atoms with Gasteiger partial charge in [-0.05, 0) is 43.0 Å². The molecule has 2 aromatic heterocycles. The minimum Gasteiger partial charge on any atom is -0.345 e. The summed E-state index contributed by atoms with van der Waals surface area (Å²) < 4.78 is 57.5. The SMILES string of the molecule is CCCC1C=CC(S(=O)(=O)Nc2ccc(F)c(C(=O)c3c[nH]c4ncc(Cl)cc34)c2F)=CC1. The number of aromatic nitrogens is 2. The molecule has 2 N–H and O–H groups in total. The Balaban J connectivity index is 1.67. The van der Waals surface area contributed by atoms with Gasteiger partial charge in [-0.3, -0.25) is 9.52 Å². The van der Waals surface area contributed by atoms with Gasteiger partial charge in [0.05, 0.1) is 21.2 Å². The van der Waals surface area contributed by atoms with E-state index in [0.29, 0.717) is 12.1 Å². The predicted molar refractivity (Wildman–Crippen MR) is 124 cm³/mol. The number of allylic oxidation sites excluding steroid dienone is 3. The van der Waals surface area contributed by atoms with Crippen molar-refractivity contribution in [1.82, 2.24) is 9.97 Å². The zero-order valence-corrected chi connectivity index (χ0v) is 19.1. The molecule has 33 heavy (non-hydrogen) atoms. The molecule has 1 atom stereocenters. The normalized spacial score (nSPS) is 16.1. The van der Waals surface area contributed by atoms with E-state index in [0.717, 1.165) is 25.0 Å². The van der Waals surface area contributed by atoms with Crippen molar-refractivity contribution >= 4 is 44.1 Å². The molecule has 0 aliphatic heterocycles. The molecule has 0 amide bonds. The van der Waals surface area contributed by atoms with Crippen molar-refractivity contribution in [2.75, 3.05) is 4.72 Å². The van der Waals surface area contributed by atoms with Crippen molar-refractivity contribution in [3.8, 4) is 0 Å². The first-order valence-electron chi connectivity index (χ1n) is 10.3. The van der Waals surface area contributed by atoms with Gasteiger partial charge in [0, 0.05) is 23.3 Å². The maximum atomic E-state index is 15.2. The zero-order chi connectivity index (χ0) is 23.8. The molecule has 0 bridgehead atoms. The molecular weight excluding hydrogens is 472 g/mol. The van der Waals surface area contributed by atoms with Crippen molar-refractivity contribution in [1.29, 1.82) is 0 Å². The molecule has 1 aliphatic rings. The standard InChI is InChI=1S/C23H20ClF2N3O3S/c1-2-3-13-4-6-15(7-5-13)33(31,32)29-19-9-8-18(25)20(21(19)26)22(30)17-12-28-23-16(17)10-14(24)11-27-23/h4,6-13,29H,2-3,5H2,1H3,(H,27,28). The zero-order valence-electron chi connectivity index (χ0n) is 17.5. The van der Waals surface area contributed by atoms with E-state index in [1.807, 2.05) is 13.0 Å². The number of rotatable bonds is 7. The third-order valence-corrected chi connectivity index (χ3v) is 7.05. The topological polar surface area (TPSA) is 91.9 Å². The lowest BCUT2D eigenvalue weighted by Gasteiger charge is -2.17. The number of sulfonamides is 1. The Kier molecular flexibility index (Phi) is 6.36. The highest BCUT2D eigenvalue weighted by atomic mass is 35.5. The molecule has 0 fully saturated rings. The number of anilines is 1. The summed E-state index contributed by atoms with van der Waals surface area (Å²) in [6, 6.07) is 3.24. The van der Waals surface area contributed by atoms with Crippen LogP contribution in [0.4, 0.5) is 14.5 Å². The first-order chi connectivity index (χ1) is 15.7. The molecule has 1 unspecified atom stereocenters. The quantitative estimate of drug-likeness (QED) is 0.413. The van der Waals surface area contributed by atoms with Crippen molar-refractivity contribution in [3.63, 3.8) is 0 Å². The van der Waals surface area contributed by atoms with Crippen molar-refractivity contribution in [2.24, 2.45) is 5.92 Å². The van der Waals surface area contributed by atoms with Crippen LogP contribution in [-0.4, -0.2) is 24.2 Å². The van der Waals surface area contributed by atoms with Gasteiger partial charge in [-0.2, -0.15) is 0 Å². The van der Waals surface area contributed by atoms with E-state index in [4.69, 9.17) is 11.6 Å². The highest BCUT2D eigenvalue weighted by molar-refractivity contribution is 7.96. The van der Waals surface area contributed by atoms with Crippen LogP contribution in [0, 0.1) is 17.6 Å². The van der Waals surface area contributed by atoms with Crippen LogP contribution < -0.4 is 4.72 Å². The Bertz CT molecular complexity index is 1410. The number of nitrogens with zero attached hydrogens (tertiary/aromatic N) is 1. The summed E-state index contributed by atoms with van der Waals surface area (Å²) in [6.07, 6.45) is 9.94. The molecule has 4 rings (SSSR count). The molecule has 0 saturated carbocycles. The Morgan fingerprint density at radius 1 is 1.33 bits per heavy atom. The molecule has 10 heteroatoms. The maximum Gasteiger partial charge on any atom is 0.261 e. The number of carbonyl (C=O) groups excluding carboxylic acids is 1. The van der Waals surface area contributed by atoms with Gasteiger partial charge in [0.2, 0.25) is 5.78 Å². The first-order valence-corrected chi connectivity index (χ1v) is 12.1. The van der Waals surface area contributed by atoms with E-state index in [1.165, 1.54) is 24.5 Å². The smallest absolute Gasteiger partial charge is 0.261 e. The fourth-order valence-corrected chi connectivity index (χ4v) is 5.07. The number of nitrogens with one attached hydrogen (secondary N) is 2. The third-order valence-electron chi connectivity index (χ3n) is 5.43. The number of hydrogen-bond acceptors (Lipinski definition) is 4. The number of pyridine rings is 1. The summed E-state index contributed by atoms with van der Waals surface area (Å²) in [4.78, 5) is 19.8. The second kappa shape index (κ2) is 9.07. The Morgan fingerprint density at radius 3 is 2.82 bits per heavy atom. The van der Waals surface area contributed by atoms with Gasteiger partial charge < -0.3 is 4.98 Å². The van der Waals surface area contributed by atoms with Gasteiger partial charge in [-0.15, -0.1) is 0 Å². The van der Waals surface area contributed by atoms with Crippen LogP contribution in [0.1, 0.15) is 42.1 Å². The lowest BCUT2D eigenvalue weighted by molar-refractivity contribution is 0.103. The molecule has 3 aromatic rings. The fourth-order valence-electron chi connectivity index (χ4n) is 3.77. The monoisotopic (exact) mass is 491 g/mol. The van der Waals surface area contributed by atoms with E-state index in [9.17, 15) is 17.6 Å². The highest BCUT2D eigenvalue weighted by Gasteiger charge is 2.27. The number of fused-ring (bicyclic) bond motifs is 1. The van der Waals surface area contributed by atoms with Crippen molar-refractivity contribution in [2.45, 2.75) is 26.2 Å². The van der Waals surface area contributed by atoms with Crippen LogP contribution in [0.2, 0.25) is 5.02 Å². The van der Waals surface area contributed by atoms with Gasteiger partial charge in [0.25, 0.3) is 10.0 Å². The summed E-state index contributed by atoms with van der Waals surface area (Å²) in [5.74, 6) is -3.15. The summed E-state index contributed by atoms with van der Waals surface area (Å²) in [6.45, 7) is 2.04. The summed E-state index contributed by atoms with van der Waals surface area (Å²) in [5.41, 5.74) is -1.14. The number of ketones is 1. The first kappa shape index (κ1) is 23.1. The largest absolute Gasteiger partial charge is 0.345 e. The summed E-state index contributed by atoms with van der Waals surface area (Å²) in [5, 5.41) is 0.532. The number of aromatic amines is 1. The van der Waals surface area contributed by atoms with E-state index >= 15 is 4.39 Å². The Hall–Kier alpha value is -3.04. The Morgan fingerprint density at radius 2 is 2.12 bits per heavy atom. The van der Waals surface area contributed by atoms with Crippen LogP contribution >= 0.6 is 11.6 Å². The summed E-state index contributed by atoms with van der Waals surface area (Å²) in [7, 11) is -4.13. The molecule has 1 aromatic carbocycles. The van der Waals surface area contributed by atoms with Crippen LogP contribution in [0.25, 0.3) is 11.0 Å². The average Bonchev–Trinajstić information content (AvgIpc) is 3.19. The lowest BCUT2D eigenvalue weighted by Crippen LogP contribution is -2.18.